The minimum atomic E-state index is -2.64. The standard InChI is InChI=1S/C9H10F2N2/c10-9(11)5-8(9,6-12)7-1-3-13-4-2-7/h1-4H,5-6,12H2. The molecule has 2 N–H and O–H groups in total. The molecular formula is C9H10F2N2. The molecule has 1 aromatic rings. The van der Waals surface area contributed by atoms with Gasteiger partial charge in [-0.1, -0.05) is 0 Å². The molecule has 2 rings (SSSR count). The van der Waals surface area contributed by atoms with Crippen molar-refractivity contribution in [3.05, 3.63) is 30.1 Å². The van der Waals surface area contributed by atoms with E-state index in [2.05, 4.69) is 4.98 Å². The van der Waals surface area contributed by atoms with Crippen LogP contribution in [0.4, 0.5) is 8.78 Å². The number of halogens is 2. The highest BCUT2D eigenvalue weighted by Crippen LogP contribution is 2.60. The van der Waals surface area contributed by atoms with Crippen LogP contribution in [0.3, 0.4) is 0 Å². The lowest BCUT2D eigenvalue weighted by atomic mass is 9.97. The van der Waals surface area contributed by atoms with Crippen LogP contribution in [0.15, 0.2) is 24.5 Å². The molecular weight excluding hydrogens is 174 g/mol. The van der Waals surface area contributed by atoms with Crippen molar-refractivity contribution in [2.75, 3.05) is 6.54 Å². The Labute approximate surface area is 74.8 Å². The van der Waals surface area contributed by atoms with Gasteiger partial charge in [0.15, 0.2) is 0 Å². The molecule has 1 saturated carbocycles. The van der Waals surface area contributed by atoms with Crippen molar-refractivity contribution in [2.45, 2.75) is 17.8 Å². The van der Waals surface area contributed by atoms with Crippen molar-refractivity contribution in [2.24, 2.45) is 5.73 Å². The van der Waals surface area contributed by atoms with E-state index < -0.39 is 11.3 Å². The first-order valence-electron chi connectivity index (χ1n) is 4.11. The van der Waals surface area contributed by atoms with Gasteiger partial charge in [0.25, 0.3) is 5.92 Å². The van der Waals surface area contributed by atoms with E-state index in [0.29, 0.717) is 5.56 Å². The van der Waals surface area contributed by atoms with E-state index in [9.17, 15) is 8.78 Å². The Balaban J connectivity index is 2.37. The number of pyridine rings is 1. The zero-order valence-electron chi connectivity index (χ0n) is 7.00. The molecule has 1 heterocycles. The van der Waals surface area contributed by atoms with Gasteiger partial charge in [-0.3, -0.25) is 4.98 Å². The molecule has 2 nitrogen and oxygen atoms in total. The average Bonchev–Trinajstić information content (AvgIpc) is 2.72. The SMILES string of the molecule is NCC1(c2ccncc2)CC1(F)F. The lowest BCUT2D eigenvalue weighted by Gasteiger charge is -2.13. The second-order valence-electron chi connectivity index (χ2n) is 3.40. The van der Waals surface area contributed by atoms with Crippen LogP contribution in [0.2, 0.25) is 0 Å². The molecule has 0 saturated heterocycles. The van der Waals surface area contributed by atoms with Gasteiger partial charge >= 0.3 is 0 Å². The summed E-state index contributed by atoms with van der Waals surface area (Å²) in [5, 5.41) is 0. The van der Waals surface area contributed by atoms with Crippen LogP contribution in [-0.2, 0) is 5.41 Å². The van der Waals surface area contributed by atoms with Crippen LogP contribution in [0.25, 0.3) is 0 Å². The molecule has 4 heteroatoms. The molecule has 70 valence electrons. The first kappa shape index (κ1) is 8.56. The molecule has 0 aliphatic heterocycles. The largest absolute Gasteiger partial charge is 0.329 e. The van der Waals surface area contributed by atoms with Crippen molar-refractivity contribution in [1.82, 2.24) is 4.98 Å². The number of nitrogens with zero attached hydrogens (tertiary/aromatic N) is 1. The number of rotatable bonds is 2. The van der Waals surface area contributed by atoms with Crippen LogP contribution in [0.1, 0.15) is 12.0 Å². The molecule has 1 aliphatic carbocycles. The predicted molar refractivity (Wildman–Crippen MR) is 44.5 cm³/mol. The molecule has 0 amide bonds. The Morgan fingerprint density at radius 2 is 1.92 bits per heavy atom. The average molecular weight is 184 g/mol. The molecule has 13 heavy (non-hydrogen) atoms. The highest BCUT2D eigenvalue weighted by Gasteiger charge is 2.70. The maximum Gasteiger partial charge on any atom is 0.260 e. The van der Waals surface area contributed by atoms with Crippen LogP contribution in [-0.4, -0.2) is 17.5 Å². The minimum absolute atomic E-state index is 0.00991. The maximum absolute atomic E-state index is 13.0. The topological polar surface area (TPSA) is 38.9 Å². The Morgan fingerprint density at radius 3 is 2.31 bits per heavy atom. The number of alkyl halides is 2. The van der Waals surface area contributed by atoms with E-state index in [1.54, 1.807) is 12.1 Å². The van der Waals surface area contributed by atoms with Gasteiger partial charge in [-0.15, -0.1) is 0 Å². The van der Waals surface area contributed by atoms with E-state index >= 15 is 0 Å². The van der Waals surface area contributed by atoms with Crippen molar-refractivity contribution in [3.63, 3.8) is 0 Å². The number of hydrogen-bond donors (Lipinski definition) is 1. The van der Waals surface area contributed by atoms with Gasteiger partial charge in [-0.05, 0) is 17.7 Å². The normalized spacial score (nSPS) is 30.1. The highest BCUT2D eigenvalue weighted by atomic mass is 19.3. The second kappa shape index (κ2) is 2.48. The quantitative estimate of drug-likeness (QED) is 0.752. The summed E-state index contributed by atoms with van der Waals surface area (Å²) in [6, 6.07) is 3.21. The first-order chi connectivity index (χ1) is 6.12. The summed E-state index contributed by atoms with van der Waals surface area (Å²) in [4.78, 5) is 3.78. The van der Waals surface area contributed by atoms with E-state index in [1.807, 2.05) is 0 Å². The summed E-state index contributed by atoms with van der Waals surface area (Å²) in [6.45, 7) is -0.00991. The zero-order valence-corrected chi connectivity index (χ0v) is 7.00. The lowest BCUT2D eigenvalue weighted by molar-refractivity contribution is 0.0896. The molecule has 0 spiro atoms. The van der Waals surface area contributed by atoms with Crippen LogP contribution >= 0.6 is 0 Å². The van der Waals surface area contributed by atoms with E-state index in [-0.39, 0.29) is 13.0 Å². The maximum atomic E-state index is 13.0. The van der Waals surface area contributed by atoms with Gasteiger partial charge in [0.1, 0.15) is 0 Å². The number of hydrogen-bond acceptors (Lipinski definition) is 2. The van der Waals surface area contributed by atoms with Gasteiger partial charge in [0, 0.05) is 25.4 Å². The molecule has 1 aromatic heterocycles. The molecule has 1 unspecified atom stereocenters. The van der Waals surface area contributed by atoms with Crippen molar-refractivity contribution in [1.29, 1.82) is 0 Å². The Bertz CT molecular complexity index is 313. The van der Waals surface area contributed by atoms with Crippen molar-refractivity contribution in [3.8, 4) is 0 Å². The molecule has 1 atom stereocenters. The smallest absolute Gasteiger partial charge is 0.260 e. The Hall–Kier alpha value is -1.03. The van der Waals surface area contributed by atoms with E-state index in [0.717, 1.165) is 0 Å². The molecule has 0 aromatic carbocycles. The monoisotopic (exact) mass is 184 g/mol. The van der Waals surface area contributed by atoms with Gasteiger partial charge in [0.05, 0.1) is 5.41 Å². The lowest BCUT2D eigenvalue weighted by Crippen LogP contribution is -2.26. The van der Waals surface area contributed by atoms with Gasteiger partial charge in [-0.2, -0.15) is 0 Å². The third kappa shape index (κ3) is 1.05. The van der Waals surface area contributed by atoms with E-state index in [1.165, 1.54) is 12.4 Å². The highest BCUT2D eigenvalue weighted by molar-refractivity contribution is 5.37. The number of aromatic nitrogens is 1. The summed E-state index contributed by atoms with van der Waals surface area (Å²) in [5.74, 6) is -2.64. The Morgan fingerprint density at radius 1 is 1.38 bits per heavy atom. The number of nitrogens with two attached hydrogens (primary N) is 1. The molecule has 0 radical (unpaired) electrons. The van der Waals surface area contributed by atoms with Crippen LogP contribution < -0.4 is 5.73 Å². The zero-order chi connectivity index (χ0) is 9.53. The predicted octanol–water partition coefficient (Wildman–Crippen LogP) is 1.32. The van der Waals surface area contributed by atoms with Gasteiger partial charge in [0.2, 0.25) is 0 Å². The summed E-state index contributed by atoms with van der Waals surface area (Å²) < 4.78 is 26.1. The summed E-state index contributed by atoms with van der Waals surface area (Å²) >= 11 is 0. The second-order valence-corrected chi connectivity index (χ2v) is 3.40. The first-order valence-corrected chi connectivity index (χ1v) is 4.11. The fourth-order valence-electron chi connectivity index (χ4n) is 1.66. The summed E-state index contributed by atoms with van der Waals surface area (Å²) in [7, 11) is 0. The fraction of sp³-hybridized carbons (Fsp3) is 0.444. The molecule has 1 aliphatic rings. The third-order valence-electron chi connectivity index (χ3n) is 2.68. The van der Waals surface area contributed by atoms with Gasteiger partial charge < -0.3 is 5.73 Å². The fourth-order valence-corrected chi connectivity index (χ4v) is 1.66. The van der Waals surface area contributed by atoms with Crippen molar-refractivity contribution < 1.29 is 8.78 Å². The summed E-state index contributed by atoms with van der Waals surface area (Å²) in [5.41, 5.74) is 4.85. The molecule has 0 bridgehead atoms. The van der Waals surface area contributed by atoms with Crippen molar-refractivity contribution >= 4 is 0 Å². The molecule has 1 fully saturated rings. The Kier molecular flexibility index (Phi) is 1.63. The van der Waals surface area contributed by atoms with Crippen LogP contribution in [0, 0.1) is 0 Å². The third-order valence-corrected chi connectivity index (χ3v) is 2.68. The van der Waals surface area contributed by atoms with Crippen LogP contribution in [0.5, 0.6) is 0 Å². The summed E-state index contributed by atoms with van der Waals surface area (Å²) in [6.07, 6.45) is 2.89. The van der Waals surface area contributed by atoms with E-state index in [4.69, 9.17) is 5.73 Å². The minimum Gasteiger partial charge on any atom is -0.329 e. The van der Waals surface area contributed by atoms with Gasteiger partial charge in [-0.25, -0.2) is 8.78 Å².